The molecule has 0 saturated heterocycles. The number of aryl methyl sites for hydroxylation is 1. The van der Waals surface area contributed by atoms with Crippen molar-refractivity contribution in [1.82, 2.24) is 5.32 Å². The summed E-state index contributed by atoms with van der Waals surface area (Å²) >= 11 is 0. The van der Waals surface area contributed by atoms with E-state index >= 15 is 0 Å². The molecule has 122 valence electrons. The number of hydrogen-bond donors (Lipinski definition) is 1. The van der Waals surface area contributed by atoms with Gasteiger partial charge in [0.15, 0.2) is 6.10 Å². The monoisotopic (exact) mass is 320 g/mol. The molecule has 0 aliphatic heterocycles. The summed E-state index contributed by atoms with van der Waals surface area (Å²) in [7, 11) is 0. The zero-order valence-electron chi connectivity index (χ0n) is 13.7. The molecule has 0 aromatic heterocycles. The van der Waals surface area contributed by atoms with Crippen molar-refractivity contribution in [3.8, 4) is 11.8 Å². The largest absolute Gasteiger partial charge is 0.481 e. The molecule has 1 aliphatic carbocycles. The van der Waals surface area contributed by atoms with Crippen molar-refractivity contribution in [1.29, 1.82) is 5.26 Å². The van der Waals surface area contributed by atoms with Crippen LogP contribution in [0.3, 0.4) is 0 Å². The van der Waals surface area contributed by atoms with Gasteiger partial charge in [-0.15, -0.1) is 0 Å². The summed E-state index contributed by atoms with van der Waals surface area (Å²) in [4.78, 5) is 12.5. The fraction of sp³-hybridized carbons (Fsp3) is 0.300. The van der Waals surface area contributed by atoms with Crippen molar-refractivity contribution in [2.75, 3.05) is 0 Å². The number of amides is 1. The van der Waals surface area contributed by atoms with Crippen LogP contribution < -0.4 is 10.1 Å². The molecule has 0 bridgehead atoms. The van der Waals surface area contributed by atoms with Crippen LogP contribution in [0.2, 0.25) is 0 Å². The SMILES string of the molecule is C[C@@H](Oc1cccc(C#N)c1)C(=O)N[C@@H]1CCCc2ccccc21. The van der Waals surface area contributed by atoms with Gasteiger partial charge in [0.2, 0.25) is 0 Å². The van der Waals surface area contributed by atoms with Gasteiger partial charge in [-0.1, -0.05) is 30.3 Å². The van der Waals surface area contributed by atoms with Crippen LogP contribution in [0.4, 0.5) is 0 Å². The average molecular weight is 320 g/mol. The number of benzene rings is 2. The lowest BCUT2D eigenvalue weighted by molar-refractivity contribution is -0.128. The van der Waals surface area contributed by atoms with E-state index in [-0.39, 0.29) is 11.9 Å². The van der Waals surface area contributed by atoms with Crippen LogP contribution in [0.15, 0.2) is 48.5 Å². The van der Waals surface area contributed by atoms with E-state index in [1.165, 1.54) is 11.1 Å². The number of carbonyl (C=O) groups is 1. The van der Waals surface area contributed by atoms with Gasteiger partial charge in [0.25, 0.3) is 5.91 Å². The van der Waals surface area contributed by atoms with Crippen molar-refractivity contribution in [3.63, 3.8) is 0 Å². The summed E-state index contributed by atoms with van der Waals surface area (Å²) in [6.45, 7) is 1.73. The third-order valence-electron chi connectivity index (χ3n) is 4.33. The quantitative estimate of drug-likeness (QED) is 0.937. The fourth-order valence-electron chi connectivity index (χ4n) is 3.09. The van der Waals surface area contributed by atoms with Crippen LogP contribution in [0.1, 0.15) is 42.5 Å². The highest BCUT2D eigenvalue weighted by molar-refractivity contribution is 5.81. The standard InChI is InChI=1S/C20H20N2O2/c1-14(24-17-9-4-6-15(12-17)13-21)20(23)22-19-11-5-8-16-7-2-3-10-18(16)19/h2-4,6-7,9-10,12,14,19H,5,8,11H2,1H3,(H,22,23)/t14-,19-/m1/s1. The highest BCUT2D eigenvalue weighted by Crippen LogP contribution is 2.29. The fourth-order valence-corrected chi connectivity index (χ4v) is 3.09. The number of nitriles is 1. The third kappa shape index (κ3) is 3.57. The van der Waals surface area contributed by atoms with Crippen LogP contribution in [0, 0.1) is 11.3 Å². The van der Waals surface area contributed by atoms with E-state index in [1.54, 1.807) is 31.2 Å². The third-order valence-corrected chi connectivity index (χ3v) is 4.33. The van der Waals surface area contributed by atoms with Gasteiger partial charge in [-0.3, -0.25) is 4.79 Å². The van der Waals surface area contributed by atoms with Gasteiger partial charge in [-0.25, -0.2) is 0 Å². The topological polar surface area (TPSA) is 62.1 Å². The first-order valence-electron chi connectivity index (χ1n) is 8.22. The Balaban J connectivity index is 1.66. The molecule has 2 aromatic carbocycles. The zero-order chi connectivity index (χ0) is 16.9. The second-order valence-corrected chi connectivity index (χ2v) is 6.05. The summed E-state index contributed by atoms with van der Waals surface area (Å²) < 4.78 is 5.68. The molecule has 0 spiro atoms. The Morgan fingerprint density at radius 3 is 2.96 bits per heavy atom. The molecule has 0 unspecified atom stereocenters. The normalized spacial score (nSPS) is 17.2. The number of rotatable bonds is 4. The molecular formula is C20H20N2O2. The highest BCUT2D eigenvalue weighted by Gasteiger charge is 2.24. The van der Waals surface area contributed by atoms with Crippen LogP contribution in [0.25, 0.3) is 0 Å². The van der Waals surface area contributed by atoms with Crippen LogP contribution in [0.5, 0.6) is 5.75 Å². The molecular weight excluding hydrogens is 300 g/mol. The Hall–Kier alpha value is -2.80. The predicted octanol–water partition coefficient (Wildman–Crippen LogP) is 3.52. The molecule has 4 heteroatoms. The molecule has 3 rings (SSSR count). The second kappa shape index (κ2) is 7.18. The summed E-state index contributed by atoms with van der Waals surface area (Å²) in [5, 5.41) is 12.0. The van der Waals surface area contributed by atoms with E-state index in [0.29, 0.717) is 11.3 Å². The van der Waals surface area contributed by atoms with E-state index in [0.717, 1.165) is 19.3 Å². The van der Waals surface area contributed by atoms with Crippen molar-refractivity contribution in [2.24, 2.45) is 0 Å². The molecule has 1 amide bonds. The minimum absolute atomic E-state index is 0.0407. The van der Waals surface area contributed by atoms with Crippen molar-refractivity contribution < 1.29 is 9.53 Å². The Bertz CT molecular complexity index is 779. The lowest BCUT2D eigenvalue weighted by Crippen LogP contribution is -2.39. The van der Waals surface area contributed by atoms with E-state index in [4.69, 9.17) is 10.00 Å². The Labute approximate surface area is 142 Å². The first-order chi connectivity index (χ1) is 11.7. The Morgan fingerprint density at radius 2 is 2.12 bits per heavy atom. The summed E-state index contributed by atoms with van der Waals surface area (Å²) in [5.74, 6) is 0.389. The molecule has 2 aromatic rings. The van der Waals surface area contributed by atoms with Gasteiger partial charge in [0, 0.05) is 0 Å². The number of fused-ring (bicyclic) bond motifs is 1. The second-order valence-electron chi connectivity index (χ2n) is 6.05. The molecule has 1 N–H and O–H groups in total. The maximum Gasteiger partial charge on any atom is 0.261 e. The smallest absolute Gasteiger partial charge is 0.261 e. The minimum atomic E-state index is -0.618. The summed E-state index contributed by atoms with van der Waals surface area (Å²) in [6, 6.07) is 17.2. The van der Waals surface area contributed by atoms with Crippen molar-refractivity contribution in [2.45, 2.75) is 38.3 Å². The molecule has 1 aliphatic rings. The van der Waals surface area contributed by atoms with Crippen molar-refractivity contribution in [3.05, 3.63) is 65.2 Å². The lowest BCUT2D eigenvalue weighted by atomic mass is 9.87. The van der Waals surface area contributed by atoms with Crippen LogP contribution in [-0.4, -0.2) is 12.0 Å². The molecule has 0 fully saturated rings. The number of ether oxygens (including phenoxy) is 1. The highest BCUT2D eigenvalue weighted by atomic mass is 16.5. The van der Waals surface area contributed by atoms with Gasteiger partial charge in [0.1, 0.15) is 5.75 Å². The first kappa shape index (κ1) is 16.1. The first-order valence-corrected chi connectivity index (χ1v) is 8.22. The van der Waals surface area contributed by atoms with Crippen molar-refractivity contribution >= 4 is 5.91 Å². The molecule has 0 saturated carbocycles. The summed E-state index contributed by atoms with van der Waals surface area (Å²) in [6.07, 6.45) is 2.46. The Morgan fingerprint density at radius 1 is 1.29 bits per heavy atom. The summed E-state index contributed by atoms with van der Waals surface area (Å²) in [5.41, 5.74) is 3.03. The minimum Gasteiger partial charge on any atom is -0.481 e. The number of nitrogens with zero attached hydrogens (tertiary/aromatic N) is 1. The molecule has 24 heavy (non-hydrogen) atoms. The molecule has 0 heterocycles. The maximum absolute atomic E-state index is 12.5. The van der Waals surface area contributed by atoms with Gasteiger partial charge in [0.05, 0.1) is 17.7 Å². The number of carbonyl (C=O) groups excluding carboxylic acids is 1. The van der Waals surface area contributed by atoms with E-state index in [9.17, 15) is 4.79 Å². The van der Waals surface area contributed by atoms with Crippen LogP contribution in [-0.2, 0) is 11.2 Å². The van der Waals surface area contributed by atoms with E-state index in [1.807, 2.05) is 12.1 Å². The van der Waals surface area contributed by atoms with Gasteiger partial charge in [-0.2, -0.15) is 5.26 Å². The average Bonchev–Trinajstić information content (AvgIpc) is 2.62. The predicted molar refractivity (Wildman–Crippen MR) is 91.5 cm³/mol. The molecule has 4 nitrogen and oxygen atoms in total. The van der Waals surface area contributed by atoms with Gasteiger partial charge < -0.3 is 10.1 Å². The van der Waals surface area contributed by atoms with Crippen LogP contribution >= 0.6 is 0 Å². The number of hydrogen-bond acceptors (Lipinski definition) is 3. The molecule has 0 radical (unpaired) electrons. The van der Waals surface area contributed by atoms with E-state index in [2.05, 4.69) is 23.5 Å². The maximum atomic E-state index is 12.5. The van der Waals surface area contributed by atoms with Gasteiger partial charge >= 0.3 is 0 Å². The Kier molecular flexibility index (Phi) is 4.81. The molecule has 2 atom stereocenters. The van der Waals surface area contributed by atoms with E-state index < -0.39 is 6.10 Å². The number of nitrogens with one attached hydrogen (secondary N) is 1. The zero-order valence-corrected chi connectivity index (χ0v) is 13.7. The lowest BCUT2D eigenvalue weighted by Gasteiger charge is -2.27. The van der Waals surface area contributed by atoms with Gasteiger partial charge in [-0.05, 0) is 55.5 Å².